The molecule has 0 bridgehead atoms. The molecule has 1 saturated heterocycles. The Balaban J connectivity index is -0.000000355. The van der Waals surface area contributed by atoms with Crippen molar-refractivity contribution in [2.75, 3.05) is 47.1 Å². The van der Waals surface area contributed by atoms with E-state index in [0.29, 0.717) is 13.0 Å². The van der Waals surface area contributed by atoms with Crippen LogP contribution in [0.4, 0.5) is 0 Å². The van der Waals surface area contributed by atoms with Crippen LogP contribution in [-0.4, -0.2) is 57.8 Å². The lowest BCUT2D eigenvalue weighted by molar-refractivity contribution is -0.118. The molecule has 1 rings (SSSR count). The maximum absolute atomic E-state index is 10.6. The summed E-state index contributed by atoms with van der Waals surface area (Å²) in [5.74, 6) is 0.209. The predicted octanol–water partition coefficient (Wildman–Crippen LogP) is 3.39. The summed E-state index contributed by atoms with van der Waals surface area (Å²) in [6, 6.07) is 0. The summed E-state index contributed by atoms with van der Waals surface area (Å²) in [6.07, 6.45) is 3.21. The number of carbonyl (C=O) groups is 1. The molecule has 1 heterocycles. The fraction of sp³-hybridized carbons (Fsp3) is 0.938. The molecular weight excluding hydrogens is 254 g/mol. The molecule has 4 nitrogen and oxygen atoms in total. The van der Waals surface area contributed by atoms with Crippen LogP contribution in [0.2, 0.25) is 0 Å². The minimum Gasteiger partial charge on any atom is -0.388 e. The molecule has 0 radical (unpaired) electrons. The van der Waals surface area contributed by atoms with Crippen LogP contribution in [0.5, 0.6) is 0 Å². The minimum atomic E-state index is 0.209. The minimum absolute atomic E-state index is 0.209. The second kappa shape index (κ2) is 23.6. The molecule has 20 heavy (non-hydrogen) atoms. The molecule has 0 aliphatic carbocycles. The highest BCUT2D eigenvalue weighted by molar-refractivity contribution is 5.75. The van der Waals surface area contributed by atoms with Crippen molar-refractivity contribution in [1.29, 1.82) is 0 Å². The van der Waals surface area contributed by atoms with Gasteiger partial charge in [-0.15, -0.1) is 0 Å². The monoisotopic (exact) mass is 291 g/mol. The van der Waals surface area contributed by atoms with Crippen LogP contribution in [0, 0.1) is 0 Å². The van der Waals surface area contributed by atoms with E-state index in [2.05, 4.69) is 9.64 Å². The molecule has 0 amide bonds. The van der Waals surface area contributed by atoms with Gasteiger partial charge in [0.05, 0.1) is 13.2 Å². The molecule has 0 aromatic heterocycles. The number of ketones is 1. The van der Waals surface area contributed by atoms with Crippen LogP contribution in [0.3, 0.4) is 0 Å². The first-order valence-electron chi connectivity index (χ1n) is 7.90. The third kappa shape index (κ3) is 22.7. The number of likely N-dealkylation sites (tertiary alicyclic amines) is 1. The topological polar surface area (TPSA) is 38.8 Å². The Hall–Kier alpha value is -0.450. The quantitative estimate of drug-likeness (QED) is 0.703. The zero-order chi connectivity index (χ0) is 16.2. The summed E-state index contributed by atoms with van der Waals surface area (Å²) in [6.45, 7) is 14.4. The number of methoxy groups -OCH3 is 1. The van der Waals surface area contributed by atoms with Crippen LogP contribution in [-0.2, 0) is 14.3 Å². The Morgan fingerprint density at radius 1 is 1.00 bits per heavy atom. The number of carbonyl (C=O) groups excluding carboxylic acids is 1. The zero-order valence-electron chi connectivity index (χ0n) is 14.8. The van der Waals surface area contributed by atoms with E-state index >= 15 is 0 Å². The molecule has 4 heteroatoms. The highest BCUT2D eigenvalue weighted by Crippen LogP contribution is 2.05. The first kappa shape index (κ1) is 24.6. The van der Waals surface area contributed by atoms with Gasteiger partial charge < -0.3 is 14.4 Å². The van der Waals surface area contributed by atoms with Crippen molar-refractivity contribution in [3.63, 3.8) is 0 Å². The lowest BCUT2D eigenvalue weighted by Gasteiger charge is -2.13. The largest absolute Gasteiger partial charge is 0.388 e. The summed E-state index contributed by atoms with van der Waals surface area (Å²) in [4.78, 5) is 13.0. The van der Waals surface area contributed by atoms with Gasteiger partial charge in [0.2, 0.25) is 0 Å². The summed E-state index contributed by atoms with van der Waals surface area (Å²) in [7, 11) is 3.25. The lowest BCUT2D eigenvalue weighted by atomic mass is 10.3. The van der Waals surface area contributed by atoms with Gasteiger partial charge in [0.1, 0.15) is 5.78 Å². The second-order valence-electron chi connectivity index (χ2n) is 4.02. The highest BCUT2D eigenvalue weighted by atomic mass is 16.5. The van der Waals surface area contributed by atoms with Gasteiger partial charge in [-0.2, -0.15) is 0 Å². The van der Waals surface area contributed by atoms with E-state index in [1.165, 1.54) is 25.9 Å². The van der Waals surface area contributed by atoms with E-state index in [1.807, 2.05) is 27.7 Å². The average Bonchev–Trinajstić information content (AvgIpc) is 2.97. The van der Waals surface area contributed by atoms with E-state index in [-0.39, 0.29) is 5.78 Å². The smallest absolute Gasteiger partial charge is 0.132 e. The van der Waals surface area contributed by atoms with Gasteiger partial charge in [-0.1, -0.05) is 27.7 Å². The molecule has 0 aromatic carbocycles. The second-order valence-corrected chi connectivity index (χ2v) is 4.02. The number of rotatable bonds is 6. The Kier molecular flexibility index (Phi) is 29.0. The van der Waals surface area contributed by atoms with Gasteiger partial charge >= 0.3 is 0 Å². The molecule has 124 valence electrons. The first-order chi connectivity index (χ1) is 9.70. The average molecular weight is 291 g/mol. The van der Waals surface area contributed by atoms with Crippen LogP contribution in [0.25, 0.3) is 0 Å². The van der Waals surface area contributed by atoms with Crippen LogP contribution >= 0.6 is 0 Å². The molecule has 0 atom stereocenters. The third-order valence-corrected chi connectivity index (χ3v) is 2.35. The van der Waals surface area contributed by atoms with E-state index in [1.54, 1.807) is 21.1 Å². The van der Waals surface area contributed by atoms with E-state index < -0.39 is 0 Å². The molecule has 0 N–H and O–H groups in total. The predicted molar refractivity (Wildman–Crippen MR) is 87.4 cm³/mol. The van der Waals surface area contributed by atoms with Crippen molar-refractivity contribution in [3.8, 4) is 0 Å². The van der Waals surface area contributed by atoms with E-state index in [0.717, 1.165) is 13.2 Å². The molecule has 0 spiro atoms. The molecule has 0 unspecified atom stereocenters. The normalized spacial score (nSPS) is 13.2. The SMILES string of the molecule is CC.CC.CC(=O)CCOCCN1CCCC1.COC. The zero-order valence-corrected chi connectivity index (χ0v) is 14.8. The van der Waals surface area contributed by atoms with Crippen LogP contribution < -0.4 is 0 Å². The molecule has 0 aromatic rings. The molecule has 1 fully saturated rings. The van der Waals surface area contributed by atoms with Gasteiger partial charge in [0.15, 0.2) is 0 Å². The number of ether oxygens (including phenoxy) is 2. The third-order valence-electron chi connectivity index (χ3n) is 2.35. The van der Waals surface area contributed by atoms with Gasteiger partial charge in [0, 0.05) is 27.2 Å². The number of Topliss-reactive ketones (excluding diaryl/α,β-unsaturated/α-hetero) is 1. The number of hydrogen-bond acceptors (Lipinski definition) is 4. The summed E-state index contributed by atoms with van der Waals surface area (Å²) >= 11 is 0. The van der Waals surface area contributed by atoms with Crippen molar-refractivity contribution >= 4 is 5.78 Å². The first-order valence-corrected chi connectivity index (χ1v) is 7.90. The Labute approximate surface area is 126 Å². The van der Waals surface area contributed by atoms with Crippen molar-refractivity contribution < 1.29 is 14.3 Å². The fourth-order valence-corrected chi connectivity index (χ4v) is 1.52. The van der Waals surface area contributed by atoms with Crippen molar-refractivity contribution in [2.24, 2.45) is 0 Å². The van der Waals surface area contributed by atoms with Crippen molar-refractivity contribution in [2.45, 2.75) is 53.9 Å². The lowest BCUT2D eigenvalue weighted by Crippen LogP contribution is -2.24. The van der Waals surface area contributed by atoms with Gasteiger partial charge in [-0.3, -0.25) is 4.79 Å². The van der Waals surface area contributed by atoms with Gasteiger partial charge in [0.25, 0.3) is 0 Å². The van der Waals surface area contributed by atoms with Gasteiger partial charge in [-0.05, 0) is 32.9 Å². The Morgan fingerprint density at radius 3 is 1.85 bits per heavy atom. The van der Waals surface area contributed by atoms with E-state index in [9.17, 15) is 4.79 Å². The standard InChI is InChI=1S/C10H19NO2.C2H6O.2C2H6/c1-10(12)4-8-13-9-7-11-5-2-3-6-11;1-3-2;2*1-2/h2-9H2,1H3;1-2H3;2*1-2H3. The molecule has 0 saturated carbocycles. The summed E-state index contributed by atoms with van der Waals surface area (Å²) in [5, 5.41) is 0. The van der Waals surface area contributed by atoms with Crippen LogP contribution in [0.1, 0.15) is 53.9 Å². The Bertz CT molecular complexity index is 169. The van der Waals surface area contributed by atoms with Crippen molar-refractivity contribution in [3.05, 3.63) is 0 Å². The molecular formula is C16H37NO3. The molecule has 1 aliphatic rings. The maximum Gasteiger partial charge on any atom is 0.132 e. The number of hydrogen-bond donors (Lipinski definition) is 0. The summed E-state index contributed by atoms with van der Waals surface area (Å²) in [5.41, 5.74) is 0. The summed E-state index contributed by atoms with van der Waals surface area (Å²) < 4.78 is 9.59. The number of nitrogens with zero attached hydrogens (tertiary/aromatic N) is 1. The molecule has 1 aliphatic heterocycles. The van der Waals surface area contributed by atoms with E-state index in [4.69, 9.17) is 4.74 Å². The van der Waals surface area contributed by atoms with Gasteiger partial charge in [-0.25, -0.2) is 0 Å². The highest BCUT2D eigenvalue weighted by Gasteiger charge is 2.10. The Morgan fingerprint density at radius 2 is 1.45 bits per heavy atom. The fourth-order valence-electron chi connectivity index (χ4n) is 1.52. The van der Waals surface area contributed by atoms with Crippen LogP contribution in [0.15, 0.2) is 0 Å². The van der Waals surface area contributed by atoms with Crippen molar-refractivity contribution in [1.82, 2.24) is 4.90 Å². The maximum atomic E-state index is 10.6.